The lowest BCUT2D eigenvalue weighted by Crippen LogP contribution is -2.13. The first-order valence-corrected chi connectivity index (χ1v) is 5.66. The highest BCUT2D eigenvalue weighted by molar-refractivity contribution is 5.97. The van der Waals surface area contributed by atoms with Crippen LogP contribution in [0.4, 0.5) is 0 Å². The van der Waals surface area contributed by atoms with Gasteiger partial charge in [0, 0.05) is 25.2 Å². The Morgan fingerprint density at radius 2 is 1.81 bits per heavy atom. The molecular formula is C14H20O2. The molecule has 16 heavy (non-hydrogen) atoms. The van der Waals surface area contributed by atoms with Gasteiger partial charge in [-0.3, -0.25) is 4.79 Å². The summed E-state index contributed by atoms with van der Waals surface area (Å²) in [6.07, 6.45) is 0.780. The SMILES string of the molecule is COCCC(C)C(=O)c1cc(C)cc(C)c1. The summed E-state index contributed by atoms with van der Waals surface area (Å²) >= 11 is 0. The molecule has 0 aliphatic heterocycles. The first-order chi connectivity index (χ1) is 7.54. The first-order valence-electron chi connectivity index (χ1n) is 5.66. The molecule has 1 atom stereocenters. The highest BCUT2D eigenvalue weighted by atomic mass is 16.5. The quantitative estimate of drug-likeness (QED) is 0.712. The van der Waals surface area contributed by atoms with Crippen molar-refractivity contribution in [1.29, 1.82) is 0 Å². The van der Waals surface area contributed by atoms with Gasteiger partial charge < -0.3 is 4.74 Å². The fraction of sp³-hybridized carbons (Fsp3) is 0.500. The lowest BCUT2D eigenvalue weighted by molar-refractivity contribution is 0.0893. The van der Waals surface area contributed by atoms with Crippen LogP contribution in [-0.4, -0.2) is 19.5 Å². The van der Waals surface area contributed by atoms with Crippen molar-refractivity contribution >= 4 is 5.78 Å². The molecule has 0 spiro atoms. The van der Waals surface area contributed by atoms with Crippen molar-refractivity contribution in [1.82, 2.24) is 0 Å². The zero-order chi connectivity index (χ0) is 12.1. The minimum Gasteiger partial charge on any atom is -0.385 e. The molecule has 0 fully saturated rings. The summed E-state index contributed by atoms with van der Waals surface area (Å²) in [6, 6.07) is 5.99. The molecule has 0 aromatic heterocycles. The van der Waals surface area contributed by atoms with Gasteiger partial charge in [-0.2, -0.15) is 0 Å². The largest absolute Gasteiger partial charge is 0.385 e. The predicted octanol–water partition coefficient (Wildman–Crippen LogP) is 3.16. The van der Waals surface area contributed by atoms with Crippen LogP contribution in [0, 0.1) is 19.8 Å². The second kappa shape index (κ2) is 5.80. The summed E-state index contributed by atoms with van der Waals surface area (Å²) in [6.45, 7) is 6.63. The number of aryl methyl sites for hydroxylation is 2. The zero-order valence-corrected chi connectivity index (χ0v) is 10.5. The van der Waals surface area contributed by atoms with E-state index in [2.05, 4.69) is 6.07 Å². The van der Waals surface area contributed by atoms with Crippen LogP contribution in [-0.2, 0) is 4.74 Å². The van der Waals surface area contributed by atoms with Gasteiger partial charge in [-0.1, -0.05) is 24.1 Å². The highest BCUT2D eigenvalue weighted by Gasteiger charge is 2.15. The van der Waals surface area contributed by atoms with Crippen molar-refractivity contribution < 1.29 is 9.53 Å². The van der Waals surface area contributed by atoms with Crippen LogP contribution in [0.3, 0.4) is 0 Å². The Hall–Kier alpha value is -1.15. The number of ketones is 1. The Balaban J connectivity index is 2.79. The molecule has 0 saturated carbocycles. The minimum absolute atomic E-state index is 0.0288. The Bertz CT molecular complexity index is 349. The van der Waals surface area contributed by atoms with Crippen molar-refractivity contribution in [2.75, 3.05) is 13.7 Å². The third-order valence-corrected chi connectivity index (χ3v) is 2.71. The van der Waals surface area contributed by atoms with Gasteiger partial charge in [-0.15, -0.1) is 0 Å². The molecule has 1 unspecified atom stereocenters. The van der Waals surface area contributed by atoms with Gasteiger partial charge in [0.25, 0.3) is 0 Å². The van der Waals surface area contributed by atoms with E-state index in [1.165, 1.54) is 0 Å². The molecule has 88 valence electrons. The number of benzene rings is 1. The molecular weight excluding hydrogens is 200 g/mol. The zero-order valence-electron chi connectivity index (χ0n) is 10.5. The first kappa shape index (κ1) is 12.9. The van der Waals surface area contributed by atoms with Gasteiger partial charge in [0.2, 0.25) is 0 Å². The third-order valence-electron chi connectivity index (χ3n) is 2.71. The van der Waals surface area contributed by atoms with E-state index in [9.17, 15) is 4.79 Å². The maximum absolute atomic E-state index is 12.1. The van der Waals surface area contributed by atoms with Crippen LogP contribution in [0.5, 0.6) is 0 Å². The molecule has 1 aromatic rings. The summed E-state index contributed by atoms with van der Waals surface area (Å²) in [4.78, 5) is 12.1. The number of hydrogen-bond donors (Lipinski definition) is 0. The maximum atomic E-state index is 12.1. The molecule has 0 radical (unpaired) electrons. The van der Waals surface area contributed by atoms with E-state index in [1.54, 1.807) is 7.11 Å². The van der Waals surface area contributed by atoms with E-state index in [1.807, 2.05) is 32.9 Å². The Morgan fingerprint density at radius 3 is 2.31 bits per heavy atom. The van der Waals surface area contributed by atoms with Crippen molar-refractivity contribution in [3.63, 3.8) is 0 Å². The number of carbonyl (C=O) groups excluding carboxylic acids is 1. The van der Waals surface area contributed by atoms with E-state index < -0.39 is 0 Å². The average molecular weight is 220 g/mol. The van der Waals surface area contributed by atoms with E-state index in [0.29, 0.717) is 6.61 Å². The van der Waals surface area contributed by atoms with Crippen LogP contribution in [0.1, 0.15) is 34.8 Å². The monoisotopic (exact) mass is 220 g/mol. The van der Waals surface area contributed by atoms with Crippen LogP contribution in [0.25, 0.3) is 0 Å². The topological polar surface area (TPSA) is 26.3 Å². The molecule has 2 nitrogen and oxygen atoms in total. The Kier molecular flexibility index (Phi) is 4.69. The second-order valence-electron chi connectivity index (χ2n) is 4.42. The fourth-order valence-electron chi connectivity index (χ4n) is 1.83. The lowest BCUT2D eigenvalue weighted by atomic mass is 9.94. The third kappa shape index (κ3) is 3.46. The van der Waals surface area contributed by atoms with E-state index in [4.69, 9.17) is 4.74 Å². The maximum Gasteiger partial charge on any atom is 0.165 e. The minimum atomic E-state index is 0.0288. The molecule has 0 amide bonds. The van der Waals surface area contributed by atoms with E-state index in [-0.39, 0.29) is 11.7 Å². The van der Waals surface area contributed by atoms with Gasteiger partial charge in [0.1, 0.15) is 0 Å². The second-order valence-corrected chi connectivity index (χ2v) is 4.42. The summed E-state index contributed by atoms with van der Waals surface area (Å²) < 4.78 is 4.99. The summed E-state index contributed by atoms with van der Waals surface area (Å²) in [5, 5.41) is 0. The standard InChI is InChI=1S/C14H20O2/c1-10-7-11(2)9-13(8-10)14(15)12(3)5-6-16-4/h7-9,12H,5-6H2,1-4H3. The molecule has 0 saturated heterocycles. The number of rotatable bonds is 5. The number of Topliss-reactive ketones (excluding diaryl/α,β-unsaturated/α-hetero) is 1. The van der Waals surface area contributed by atoms with Gasteiger partial charge in [-0.05, 0) is 32.4 Å². The number of hydrogen-bond acceptors (Lipinski definition) is 2. The number of ether oxygens (including phenoxy) is 1. The fourth-order valence-corrected chi connectivity index (χ4v) is 1.83. The normalized spacial score (nSPS) is 12.5. The molecule has 1 aromatic carbocycles. The van der Waals surface area contributed by atoms with E-state index >= 15 is 0 Å². The number of methoxy groups -OCH3 is 1. The molecule has 0 bridgehead atoms. The van der Waals surface area contributed by atoms with E-state index in [0.717, 1.165) is 23.1 Å². The van der Waals surface area contributed by atoms with Crippen molar-refractivity contribution in [3.8, 4) is 0 Å². The molecule has 1 rings (SSSR count). The molecule has 0 aliphatic carbocycles. The Labute approximate surface area is 97.6 Å². The van der Waals surface area contributed by atoms with Crippen molar-refractivity contribution in [3.05, 3.63) is 34.9 Å². The predicted molar refractivity (Wildman–Crippen MR) is 65.9 cm³/mol. The average Bonchev–Trinajstić information content (AvgIpc) is 2.23. The highest BCUT2D eigenvalue weighted by Crippen LogP contribution is 2.15. The van der Waals surface area contributed by atoms with Crippen LogP contribution >= 0.6 is 0 Å². The van der Waals surface area contributed by atoms with Crippen molar-refractivity contribution in [2.24, 2.45) is 5.92 Å². The molecule has 2 heteroatoms. The lowest BCUT2D eigenvalue weighted by Gasteiger charge is -2.11. The number of carbonyl (C=O) groups is 1. The molecule has 0 aliphatic rings. The van der Waals surface area contributed by atoms with Crippen molar-refractivity contribution in [2.45, 2.75) is 27.2 Å². The van der Waals surface area contributed by atoms with Gasteiger partial charge in [-0.25, -0.2) is 0 Å². The summed E-state index contributed by atoms with van der Waals surface area (Å²) in [7, 11) is 1.66. The van der Waals surface area contributed by atoms with Gasteiger partial charge in [0.05, 0.1) is 0 Å². The molecule has 0 heterocycles. The molecule has 0 N–H and O–H groups in total. The smallest absolute Gasteiger partial charge is 0.165 e. The van der Waals surface area contributed by atoms with Crippen LogP contribution < -0.4 is 0 Å². The summed E-state index contributed by atoms with van der Waals surface area (Å²) in [5.74, 6) is 0.241. The Morgan fingerprint density at radius 1 is 1.25 bits per heavy atom. The van der Waals surface area contributed by atoms with Crippen LogP contribution in [0.2, 0.25) is 0 Å². The van der Waals surface area contributed by atoms with Gasteiger partial charge >= 0.3 is 0 Å². The van der Waals surface area contributed by atoms with Crippen LogP contribution in [0.15, 0.2) is 18.2 Å². The summed E-state index contributed by atoms with van der Waals surface area (Å²) in [5.41, 5.74) is 3.10. The van der Waals surface area contributed by atoms with Gasteiger partial charge in [0.15, 0.2) is 5.78 Å².